The zero-order valence-corrected chi connectivity index (χ0v) is 15.6. The molecule has 0 radical (unpaired) electrons. The first kappa shape index (κ1) is 17.9. The molecular weight excluding hydrogens is 298 g/mol. The Balaban J connectivity index is 1.47. The van der Waals surface area contributed by atoms with Crippen LogP contribution in [0.4, 0.5) is 0 Å². The molecule has 0 aliphatic heterocycles. The Hall–Kier alpha value is -0.900. The van der Waals surface area contributed by atoms with Gasteiger partial charge in [-0.05, 0) is 48.5 Å². The molecule has 2 aliphatic rings. The van der Waals surface area contributed by atoms with Crippen LogP contribution < -0.4 is 5.32 Å². The number of rotatable bonds is 7. The van der Waals surface area contributed by atoms with Crippen LogP contribution in [0.1, 0.15) is 58.6 Å². The number of aliphatic hydroxyl groups is 1. The molecule has 3 rings (SSSR count). The van der Waals surface area contributed by atoms with Gasteiger partial charge in [0, 0.05) is 12.6 Å². The van der Waals surface area contributed by atoms with Crippen LogP contribution in [-0.4, -0.2) is 30.5 Å². The second kappa shape index (κ2) is 6.78. The van der Waals surface area contributed by atoms with Crippen LogP contribution >= 0.6 is 0 Å². The predicted octanol–water partition coefficient (Wildman–Crippen LogP) is 3.93. The molecule has 24 heavy (non-hydrogen) atoms. The molecule has 134 valence electrons. The first-order valence-corrected chi connectivity index (χ1v) is 9.41. The molecule has 0 amide bonds. The fraction of sp³-hybridized carbons (Fsp3) is 0.714. The summed E-state index contributed by atoms with van der Waals surface area (Å²) < 4.78 is 6.26. The Kier molecular flexibility index (Phi) is 5.06. The number of hydrogen-bond acceptors (Lipinski definition) is 3. The average molecular weight is 332 g/mol. The Morgan fingerprint density at radius 2 is 1.96 bits per heavy atom. The number of benzene rings is 1. The van der Waals surface area contributed by atoms with E-state index in [4.69, 9.17) is 4.74 Å². The lowest BCUT2D eigenvalue weighted by atomic mass is 9.70. The molecule has 5 atom stereocenters. The topological polar surface area (TPSA) is 41.5 Å². The van der Waals surface area contributed by atoms with Gasteiger partial charge in [-0.2, -0.15) is 0 Å². The predicted molar refractivity (Wildman–Crippen MR) is 97.8 cm³/mol. The molecule has 1 aromatic carbocycles. The molecule has 2 saturated carbocycles. The minimum absolute atomic E-state index is 0.234. The van der Waals surface area contributed by atoms with Crippen molar-refractivity contribution in [1.82, 2.24) is 5.32 Å². The van der Waals surface area contributed by atoms with Crippen molar-refractivity contribution in [3.8, 4) is 0 Å². The molecule has 0 spiro atoms. The van der Waals surface area contributed by atoms with Crippen LogP contribution in [0.3, 0.4) is 0 Å². The number of hydrogen-bond donors (Lipinski definition) is 2. The van der Waals surface area contributed by atoms with Crippen molar-refractivity contribution in [2.45, 2.75) is 65.2 Å². The second-order valence-corrected chi connectivity index (χ2v) is 8.82. The van der Waals surface area contributed by atoms with Crippen molar-refractivity contribution in [3.05, 3.63) is 35.9 Å². The lowest BCUT2D eigenvalue weighted by molar-refractivity contribution is -0.110. The van der Waals surface area contributed by atoms with Crippen LogP contribution in [0.15, 0.2) is 30.3 Å². The number of ether oxygens (including phenoxy) is 1. The summed E-state index contributed by atoms with van der Waals surface area (Å²) in [6.45, 7) is 10.2. The highest BCUT2D eigenvalue weighted by Crippen LogP contribution is 2.63. The maximum absolute atomic E-state index is 10.3. The van der Waals surface area contributed by atoms with Crippen LogP contribution in [0.5, 0.6) is 0 Å². The average Bonchev–Trinajstić information content (AvgIpc) is 3.04. The summed E-state index contributed by atoms with van der Waals surface area (Å²) in [4.78, 5) is 0. The van der Waals surface area contributed by atoms with E-state index in [2.05, 4.69) is 45.1 Å². The summed E-state index contributed by atoms with van der Waals surface area (Å²) in [7, 11) is 0. The Morgan fingerprint density at radius 1 is 1.25 bits per heavy atom. The van der Waals surface area contributed by atoms with Crippen LogP contribution in [0.2, 0.25) is 0 Å². The fourth-order valence-corrected chi connectivity index (χ4v) is 5.11. The van der Waals surface area contributed by atoms with Crippen molar-refractivity contribution >= 4 is 0 Å². The fourth-order valence-electron chi connectivity index (χ4n) is 5.11. The van der Waals surface area contributed by atoms with E-state index < -0.39 is 6.10 Å². The molecule has 2 fully saturated rings. The molecule has 2 N–H and O–H groups in total. The summed E-state index contributed by atoms with van der Waals surface area (Å²) in [6, 6.07) is 10.6. The van der Waals surface area contributed by atoms with Gasteiger partial charge in [0.05, 0.1) is 18.8 Å². The van der Waals surface area contributed by atoms with Gasteiger partial charge < -0.3 is 15.2 Å². The minimum atomic E-state index is -0.463. The summed E-state index contributed by atoms with van der Waals surface area (Å²) >= 11 is 0. The van der Waals surface area contributed by atoms with E-state index in [1.807, 2.05) is 18.2 Å². The van der Waals surface area contributed by atoms with Crippen molar-refractivity contribution in [2.75, 3.05) is 13.2 Å². The Bertz CT molecular complexity index is 539. The van der Waals surface area contributed by atoms with Gasteiger partial charge >= 0.3 is 0 Å². The molecule has 3 nitrogen and oxygen atoms in total. The molecule has 1 aromatic rings. The monoisotopic (exact) mass is 331 g/mol. The van der Waals surface area contributed by atoms with Gasteiger partial charge in [0.25, 0.3) is 0 Å². The molecule has 2 bridgehead atoms. The third-order valence-electron chi connectivity index (χ3n) is 6.55. The van der Waals surface area contributed by atoms with Crippen LogP contribution in [-0.2, 0) is 4.74 Å². The van der Waals surface area contributed by atoms with Gasteiger partial charge in [0.1, 0.15) is 0 Å². The highest BCUT2D eigenvalue weighted by atomic mass is 16.5. The third-order valence-corrected chi connectivity index (χ3v) is 6.55. The Morgan fingerprint density at radius 3 is 2.58 bits per heavy atom. The molecule has 0 saturated heterocycles. The van der Waals surface area contributed by atoms with E-state index in [-0.39, 0.29) is 17.6 Å². The van der Waals surface area contributed by atoms with Gasteiger partial charge in [-0.25, -0.2) is 0 Å². The van der Waals surface area contributed by atoms with Gasteiger partial charge in [0.15, 0.2) is 0 Å². The molecule has 0 aromatic heterocycles. The van der Waals surface area contributed by atoms with Gasteiger partial charge in [-0.3, -0.25) is 0 Å². The van der Waals surface area contributed by atoms with E-state index in [0.717, 1.165) is 5.92 Å². The highest BCUT2D eigenvalue weighted by Gasteiger charge is 2.60. The molecule has 0 heterocycles. The van der Waals surface area contributed by atoms with E-state index in [0.29, 0.717) is 18.6 Å². The summed E-state index contributed by atoms with van der Waals surface area (Å²) in [5.41, 5.74) is 1.78. The number of aliphatic hydroxyl groups excluding tert-OH is 1. The van der Waals surface area contributed by atoms with E-state index >= 15 is 0 Å². The van der Waals surface area contributed by atoms with Crippen LogP contribution in [0, 0.1) is 16.7 Å². The maximum atomic E-state index is 10.3. The SMILES string of the molecule is C[C@H](NC[C@@H](O)CO[C@@H]1C(C)(C)[C@@H]2CC[C@]1(C)C2)c1ccccc1. The van der Waals surface area contributed by atoms with E-state index in [1.54, 1.807) is 0 Å². The lowest BCUT2D eigenvalue weighted by Gasteiger charge is -2.42. The number of nitrogens with one attached hydrogen (secondary N) is 1. The largest absolute Gasteiger partial charge is 0.389 e. The van der Waals surface area contributed by atoms with Crippen molar-refractivity contribution < 1.29 is 9.84 Å². The standard InChI is InChI=1S/C21H33NO2/c1-15(16-8-6-5-7-9-16)22-13-18(23)14-24-19-20(2,3)17-10-11-21(19,4)12-17/h5-9,15,17-19,22-23H,10-14H2,1-4H3/t15-,17+,18+,19+,21+/m0/s1. The van der Waals surface area contributed by atoms with Crippen molar-refractivity contribution in [2.24, 2.45) is 16.7 Å². The first-order chi connectivity index (χ1) is 11.3. The zero-order valence-electron chi connectivity index (χ0n) is 15.6. The summed E-state index contributed by atoms with van der Waals surface area (Å²) in [6.07, 6.45) is 3.69. The quantitative estimate of drug-likeness (QED) is 0.795. The van der Waals surface area contributed by atoms with Gasteiger partial charge in [-0.1, -0.05) is 51.1 Å². The second-order valence-electron chi connectivity index (χ2n) is 8.82. The summed E-state index contributed by atoms with van der Waals surface area (Å²) in [5.74, 6) is 0.779. The zero-order chi connectivity index (χ0) is 17.4. The first-order valence-electron chi connectivity index (χ1n) is 9.41. The summed E-state index contributed by atoms with van der Waals surface area (Å²) in [5, 5.41) is 13.8. The maximum Gasteiger partial charge on any atom is 0.0898 e. The van der Waals surface area contributed by atoms with Gasteiger partial charge in [0.2, 0.25) is 0 Å². The van der Waals surface area contributed by atoms with Crippen molar-refractivity contribution in [3.63, 3.8) is 0 Å². The van der Waals surface area contributed by atoms with E-state index in [9.17, 15) is 5.11 Å². The molecule has 3 heteroatoms. The number of fused-ring (bicyclic) bond motifs is 2. The lowest BCUT2D eigenvalue weighted by Crippen LogP contribution is -2.44. The minimum Gasteiger partial charge on any atom is -0.389 e. The van der Waals surface area contributed by atoms with Crippen molar-refractivity contribution in [1.29, 1.82) is 0 Å². The highest BCUT2D eigenvalue weighted by molar-refractivity contribution is 5.18. The van der Waals surface area contributed by atoms with Crippen LogP contribution in [0.25, 0.3) is 0 Å². The van der Waals surface area contributed by atoms with Gasteiger partial charge in [-0.15, -0.1) is 0 Å². The molecular formula is C21H33NO2. The smallest absolute Gasteiger partial charge is 0.0898 e. The third kappa shape index (κ3) is 3.40. The molecule has 2 aliphatic carbocycles. The van der Waals surface area contributed by atoms with E-state index in [1.165, 1.54) is 24.8 Å². The molecule has 0 unspecified atom stereocenters. The Labute approximate surface area is 146 Å². The normalized spacial score (nSPS) is 33.5.